The maximum Gasteiger partial charge on any atom is 0.256 e. The molecule has 0 aliphatic heterocycles. The molecule has 0 fully saturated rings. The number of carbonyl (C=O) groups excluding carboxylic acids is 1. The third-order valence-corrected chi connectivity index (χ3v) is 4.32. The number of amides is 1. The fourth-order valence-corrected chi connectivity index (χ4v) is 3.10. The quantitative estimate of drug-likeness (QED) is 0.919. The van der Waals surface area contributed by atoms with Gasteiger partial charge in [0, 0.05) is 24.0 Å². The summed E-state index contributed by atoms with van der Waals surface area (Å²) >= 11 is 7.32. The molecule has 1 aromatic heterocycles. The highest BCUT2D eigenvalue weighted by Gasteiger charge is 2.21. The van der Waals surface area contributed by atoms with Crippen molar-refractivity contribution in [2.24, 2.45) is 0 Å². The Bertz CT molecular complexity index is 617. The molecule has 2 N–H and O–H groups in total. The van der Waals surface area contributed by atoms with Crippen molar-refractivity contribution in [2.75, 3.05) is 19.8 Å². The highest BCUT2D eigenvalue weighted by molar-refractivity contribution is 7.19. The molecule has 2 aromatic rings. The monoisotopic (exact) mass is 294 g/mol. The van der Waals surface area contributed by atoms with E-state index in [2.05, 4.69) is 0 Å². The second kappa shape index (κ2) is 5.23. The van der Waals surface area contributed by atoms with Gasteiger partial charge in [0.05, 0.1) is 10.6 Å². The first-order chi connectivity index (χ1) is 8.91. The molecule has 1 heterocycles. The molecule has 0 saturated heterocycles. The van der Waals surface area contributed by atoms with Crippen molar-refractivity contribution in [1.82, 2.24) is 4.90 Å². The number of anilines is 1. The molecule has 0 radical (unpaired) electrons. The van der Waals surface area contributed by atoms with Crippen molar-refractivity contribution in [1.29, 1.82) is 0 Å². The molecule has 2 rings (SSSR count). The molecule has 0 saturated carbocycles. The number of thiophene rings is 1. The van der Waals surface area contributed by atoms with E-state index in [-0.39, 0.29) is 5.91 Å². The molecule has 3 nitrogen and oxygen atoms in total. The molecule has 0 aliphatic rings. The van der Waals surface area contributed by atoms with Gasteiger partial charge < -0.3 is 10.6 Å². The molecule has 1 amide bonds. The average molecular weight is 295 g/mol. The highest BCUT2D eigenvalue weighted by atomic mass is 35.5. The van der Waals surface area contributed by atoms with Gasteiger partial charge in [-0.3, -0.25) is 4.79 Å². The Labute approximate surface area is 121 Å². The van der Waals surface area contributed by atoms with E-state index in [1.54, 1.807) is 14.1 Å². The maximum atomic E-state index is 12.1. The van der Waals surface area contributed by atoms with Crippen molar-refractivity contribution >= 4 is 33.8 Å². The zero-order valence-corrected chi connectivity index (χ0v) is 12.6. The fourth-order valence-electron chi connectivity index (χ4n) is 1.90. The Morgan fingerprint density at radius 1 is 1.26 bits per heavy atom. The van der Waals surface area contributed by atoms with Crippen LogP contribution in [-0.4, -0.2) is 24.9 Å². The molecule has 0 spiro atoms. The Balaban J connectivity index is 2.53. The van der Waals surface area contributed by atoms with Crippen molar-refractivity contribution < 1.29 is 4.79 Å². The van der Waals surface area contributed by atoms with Crippen LogP contribution in [0.2, 0.25) is 5.02 Å². The summed E-state index contributed by atoms with van der Waals surface area (Å²) in [6.45, 7) is 1.92. The summed E-state index contributed by atoms with van der Waals surface area (Å²) in [7, 11) is 3.45. The van der Waals surface area contributed by atoms with Crippen molar-refractivity contribution in [3.05, 3.63) is 40.4 Å². The van der Waals surface area contributed by atoms with E-state index >= 15 is 0 Å². The fraction of sp³-hybridized carbons (Fsp3) is 0.214. The number of hydrogen-bond acceptors (Lipinski definition) is 3. The molecular weight excluding hydrogens is 280 g/mol. The van der Waals surface area contributed by atoms with Gasteiger partial charge >= 0.3 is 0 Å². The van der Waals surface area contributed by atoms with Crippen LogP contribution in [0.1, 0.15) is 15.9 Å². The van der Waals surface area contributed by atoms with Crippen LogP contribution in [0.15, 0.2) is 24.3 Å². The van der Waals surface area contributed by atoms with Crippen LogP contribution in [0.25, 0.3) is 10.4 Å². The second-order valence-electron chi connectivity index (χ2n) is 4.50. The zero-order chi connectivity index (χ0) is 14.2. The Hall–Kier alpha value is -1.52. The van der Waals surface area contributed by atoms with Gasteiger partial charge in [-0.05, 0) is 30.2 Å². The molecule has 0 unspecified atom stereocenters. The van der Waals surface area contributed by atoms with Crippen LogP contribution in [-0.2, 0) is 0 Å². The van der Waals surface area contributed by atoms with Crippen LogP contribution >= 0.6 is 22.9 Å². The number of hydrogen-bond donors (Lipinski definition) is 1. The van der Waals surface area contributed by atoms with Gasteiger partial charge in [0.25, 0.3) is 5.91 Å². The van der Waals surface area contributed by atoms with Gasteiger partial charge in [-0.1, -0.05) is 23.7 Å². The smallest absolute Gasteiger partial charge is 0.256 e. The van der Waals surface area contributed by atoms with Gasteiger partial charge in [-0.2, -0.15) is 0 Å². The van der Waals surface area contributed by atoms with E-state index in [9.17, 15) is 4.79 Å². The summed E-state index contributed by atoms with van der Waals surface area (Å²) < 4.78 is 0. The van der Waals surface area contributed by atoms with Crippen LogP contribution in [0, 0.1) is 6.92 Å². The normalized spacial score (nSPS) is 10.5. The predicted octanol–water partition coefficient (Wildman–Crippen LogP) is 3.66. The van der Waals surface area contributed by atoms with E-state index in [4.69, 9.17) is 17.3 Å². The molecule has 0 aliphatic carbocycles. The maximum absolute atomic E-state index is 12.1. The molecule has 1 aromatic carbocycles. The Morgan fingerprint density at radius 3 is 2.37 bits per heavy atom. The first-order valence-electron chi connectivity index (χ1n) is 5.78. The summed E-state index contributed by atoms with van der Waals surface area (Å²) in [5.41, 5.74) is 8.53. The number of nitrogen functional groups attached to an aromatic ring is 1. The largest absolute Gasteiger partial charge is 0.390 e. The molecule has 0 bridgehead atoms. The standard InChI is InChI=1S/C14H15ClN2OS/c1-8-11(14(18)17(2)3)13(16)19-12(8)9-4-6-10(15)7-5-9/h4-7H,16H2,1-3H3. The van der Waals surface area contributed by atoms with E-state index in [1.165, 1.54) is 16.2 Å². The number of halogens is 1. The lowest BCUT2D eigenvalue weighted by atomic mass is 10.1. The van der Waals surface area contributed by atoms with Crippen molar-refractivity contribution in [2.45, 2.75) is 6.92 Å². The SMILES string of the molecule is Cc1c(-c2ccc(Cl)cc2)sc(N)c1C(=O)N(C)C. The van der Waals surface area contributed by atoms with E-state index in [0.717, 1.165) is 16.0 Å². The summed E-state index contributed by atoms with van der Waals surface area (Å²) in [5.74, 6) is -0.0635. The van der Waals surface area contributed by atoms with Crippen LogP contribution in [0.5, 0.6) is 0 Å². The van der Waals surface area contributed by atoms with Crippen LogP contribution in [0.3, 0.4) is 0 Å². The highest BCUT2D eigenvalue weighted by Crippen LogP contribution is 2.38. The number of nitrogens with two attached hydrogens (primary N) is 1. The van der Waals surface area contributed by atoms with Gasteiger partial charge in [0.1, 0.15) is 0 Å². The molecule has 5 heteroatoms. The van der Waals surface area contributed by atoms with Gasteiger partial charge in [-0.25, -0.2) is 0 Å². The van der Waals surface area contributed by atoms with Crippen LogP contribution in [0.4, 0.5) is 5.00 Å². The number of rotatable bonds is 2. The van der Waals surface area contributed by atoms with E-state index < -0.39 is 0 Å². The summed E-state index contributed by atoms with van der Waals surface area (Å²) in [4.78, 5) is 14.7. The van der Waals surface area contributed by atoms with Gasteiger partial charge in [0.15, 0.2) is 0 Å². The Morgan fingerprint density at radius 2 is 1.84 bits per heavy atom. The van der Waals surface area contributed by atoms with Gasteiger partial charge in [0.2, 0.25) is 0 Å². The summed E-state index contributed by atoms with van der Waals surface area (Å²) in [5, 5.41) is 1.25. The molecule has 19 heavy (non-hydrogen) atoms. The van der Waals surface area contributed by atoms with E-state index in [1.807, 2.05) is 31.2 Å². The molecule has 100 valence electrons. The first kappa shape index (κ1) is 13.9. The molecular formula is C14H15ClN2OS. The number of benzene rings is 1. The minimum absolute atomic E-state index is 0.0635. The lowest BCUT2D eigenvalue weighted by molar-refractivity contribution is 0.0828. The summed E-state index contributed by atoms with van der Waals surface area (Å²) in [6.07, 6.45) is 0. The average Bonchev–Trinajstić information content (AvgIpc) is 2.65. The summed E-state index contributed by atoms with van der Waals surface area (Å²) in [6, 6.07) is 7.54. The second-order valence-corrected chi connectivity index (χ2v) is 5.99. The van der Waals surface area contributed by atoms with E-state index in [0.29, 0.717) is 15.6 Å². The third kappa shape index (κ3) is 2.60. The lowest BCUT2D eigenvalue weighted by Gasteiger charge is -2.10. The number of carbonyl (C=O) groups is 1. The first-order valence-corrected chi connectivity index (χ1v) is 6.97. The molecule has 0 atom stereocenters. The zero-order valence-electron chi connectivity index (χ0n) is 11.0. The Kier molecular flexibility index (Phi) is 3.83. The third-order valence-electron chi connectivity index (χ3n) is 2.90. The van der Waals surface area contributed by atoms with Crippen LogP contribution < -0.4 is 5.73 Å². The van der Waals surface area contributed by atoms with Gasteiger partial charge in [-0.15, -0.1) is 11.3 Å². The van der Waals surface area contributed by atoms with Crippen molar-refractivity contribution in [3.8, 4) is 10.4 Å². The predicted molar refractivity (Wildman–Crippen MR) is 81.9 cm³/mol. The topological polar surface area (TPSA) is 46.3 Å². The number of nitrogens with zero attached hydrogens (tertiary/aromatic N) is 1. The minimum Gasteiger partial charge on any atom is -0.390 e. The lowest BCUT2D eigenvalue weighted by Crippen LogP contribution is -2.22. The van der Waals surface area contributed by atoms with Crippen molar-refractivity contribution in [3.63, 3.8) is 0 Å². The minimum atomic E-state index is -0.0635.